The molecule has 5 aromatic rings. The Labute approximate surface area is 170 Å². The zero-order valence-corrected chi connectivity index (χ0v) is 16.3. The van der Waals surface area contributed by atoms with Crippen LogP contribution in [0, 0.1) is 0 Å². The van der Waals surface area contributed by atoms with Crippen LogP contribution in [-0.2, 0) is 0 Å². The van der Waals surface area contributed by atoms with Crippen LogP contribution in [0.4, 0.5) is 0 Å². The van der Waals surface area contributed by atoms with Gasteiger partial charge in [0.15, 0.2) is 22.1 Å². The monoisotopic (exact) mass is 427 g/mol. The Morgan fingerprint density at radius 1 is 0.607 bits per heavy atom. The first-order valence-electron chi connectivity index (χ1n) is 8.83. The zero-order valence-electron chi connectivity index (χ0n) is 14.7. The lowest BCUT2D eigenvalue weighted by Gasteiger charge is -2.08. The average molecular weight is 428 g/mol. The lowest BCUT2D eigenvalue weighted by molar-refractivity contribution is 0.587. The van der Waals surface area contributed by atoms with Gasteiger partial charge in [0.1, 0.15) is 5.58 Å². The maximum absolute atomic E-state index is 5.71. The fourth-order valence-electron chi connectivity index (χ4n) is 3.15. The fourth-order valence-corrected chi connectivity index (χ4v) is 3.56. The van der Waals surface area contributed by atoms with Crippen LogP contribution in [0.25, 0.3) is 45.1 Å². The minimum Gasteiger partial charge on any atom is -0.449 e. The van der Waals surface area contributed by atoms with Crippen LogP contribution >= 0.6 is 15.9 Å². The first-order chi connectivity index (χ1) is 13.8. The van der Waals surface area contributed by atoms with Crippen molar-refractivity contribution < 1.29 is 4.42 Å². The molecule has 5 heteroatoms. The normalized spacial score (nSPS) is 11.0. The smallest absolute Gasteiger partial charge is 0.170 e. The summed E-state index contributed by atoms with van der Waals surface area (Å²) in [6, 6.07) is 27.7. The second-order valence-electron chi connectivity index (χ2n) is 6.31. The van der Waals surface area contributed by atoms with Gasteiger partial charge in [-0.3, -0.25) is 0 Å². The first kappa shape index (κ1) is 16.8. The van der Waals surface area contributed by atoms with E-state index in [2.05, 4.69) is 15.9 Å². The highest BCUT2D eigenvalue weighted by molar-refractivity contribution is 9.10. The van der Waals surface area contributed by atoms with Crippen LogP contribution in [-0.4, -0.2) is 15.0 Å². The van der Waals surface area contributed by atoms with E-state index in [-0.39, 0.29) is 0 Å². The van der Waals surface area contributed by atoms with Crippen LogP contribution in [0.5, 0.6) is 0 Å². The van der Waals surface area contributed by atoms with Crippen molar-refractivity contribution in [1.29, 1.82) is 0 Å². The van der Waals surface area contributed by atoms with Gasteiger partial charge >= 0.3 is 0 Å². The topological polar surface area (TPSA) is 51.8 Å². The van der Waals surface area contributed by atoms with Crippen molar-refractivity contribution in [3.05, 3.63) is 89.6 Å². The molecule has 0 unspecified atom stereocenters. The molecule has 4 nitrogen and oxygen atoms in total. The predicted octanol–water partition coefficient (Wildman–Crippen LogP) is 6.38. The first-order valence-corrected chi connectivity index (χ1v) is 9.62. The molecule has 0 spiro atoms. The minimum atomic E-state index is 0.617. The standard InChI is InChI=1S/C23H14BrN3O/c24-20-14-18-17(12-7-13-19(18)28-20)23-26-21(15-8-3-1-4-9-15)25-22(27-23)16-10-5-2-6-11-16/h1-14H. The highest BCUT2D eigenvalue weighted by atomic mass is 79.9. The number of hydrogen-bond donors (Lipinski definition) is 0. The fraction of sp³-hybridized carbons (Fsp3) is 0. The minimum absolute atomic E-state index is 0.617. The molecule has 0 saturated heterocycles. The average Bonchev–Trinajstić information content (AvgIpc) is 3.15. The molecule has 0 saturated carbocycles. The molecular formula is C23H14BrN3O. The molecule has 0 aliphatic carbocycles. The molecule has 5 rings (SSSR count). The highest BCUT2D eigenvalue weighted by Gasteiger charge is 2.15. The predicted molar refractivity (Wildman–Crippen MR) is 114 cm³/mol. The maximum Gasteiger partial charge on any atom is 0.170 e. The van der Waals surface area contributed by atoms with Gasteiger partial charge in [0, 0.05) is 22.1 Å². The number of fused-ring (bicyclic) bond motifs is 1. The summed E-state index contributed by atoms with van der Waals surface area (Å²) in [5.41, 5.74) is 3.59. The van der Waals surface area contributed by atoms with Gasteiger partial charge in [-0.05, 0) is 28.1 Å². The second kappa shape index (κ2) is 7.02. The van der Waals surface area contributed by atoms with Gasteiger partial charge in [-0.15, -0.1) is 0 Å². The third-order valence-corrected chi connectivity index (χ3v) is 4.86. The van der Waals surface area contributed by atoms with Crippen molar-refractivity contribution >= 4 is 26.9 Å². The summed E-state index contributed by atoms with van der Waals surface area (Å²) in [5, 5.41) is 0.957. The SMILES string of the molecule is Brc1cc2c(-c3nc(-c4ccccc4)nc(-c4ccccc4)n3)cccc2o1. The molecule has 0 fully saturated rings. The maximum atomic E-state index is 5.71. The molecule has 134 valence electrons. The van der Waals surface area contributed by atoms with E-state index >= 15 is 0 Å². The number of furan rings is 1. The molecule has 2 aromatic heterocycles. The van der Waals surface area contributed by atoms with Crippen LogP contribution in [0.15, 0.2) is 94.0 Å². The Bertz CT molecular complexity index is 1210. The van der Waals surface area contributed by atoms with Crippen molar-refractivity contribution in [2.45, 2.75) is 0 Å². The van der Waals surface area contributed by atoms with Crippen molar-refractivity contribution in [3.8, 4) is 34.2 Å². The van der Waals surface area contributed by atoms with Crippen LogP contribution < -0.4 is 0 Å². The summed E-state index contributed by atoms with van der Waals surface area (Å²) < 4.78 is 6.38. The number of hydrogen-bond acceptors (Lipinski definition) is 4. The quantitative estimate of drug-likeness (QED) is 0.335. The Kier molecular flexibility index (Phi) is 4.22. The van der Waals surface area contributed by atoms with E-state index in [0.29, 0.717) is 22.1 Å². The Hall–Kier alpha value is -3.31. The van der Waals surface area contributed by atoms with Gasteiger partial charge < -0.3 is 4.42 Å². The third kappa shape index (κ3) is 3.10. The molecule has 0 amide bonds. The van der Waals surface area contributed by atoms with Gasteiger partial charge in [0.25, 0.3) is 0 Å². The van der Waals surface area contributed by atoms with E-state index in [1.165, 1.54) is 0 Å². The van der Waals surface area contributed by atoms with E-state index in [9.17, 15) is 0 Å². The Balaban J connectivity index is 1.77. The highest BCUT2D eigenvalue weighted by Crippen LogP contribution is 2.32. The van der Waals surface area contributed by atoms with Gasteiger partial charge in [-0.25, -0.2) is 15.0 Å². The van der Waals surface area contributed by atoms with E-state index in [1.807, 2.05) is 84.9 Å². The molecule has 0 radical (unpaired) electrons. The molecule has 28 heavy (non-hydrogen) atoms. The molecule has 0 aliphatic rings. The summed E-state index contributed by atoms with van der Waals surface area (Å²) in [6.45, 7) is 0. The summed E-state index contributed by atoms with van der Waals surface area (Å²) in [6.07, 6.45) is 0. The van der Waals surface area contributed by atoms with Gasteiger partial charge in [0.2, 0.25) is 0 Å². The summed E-state index contributed by atoms with van der Waals surface area (Å²) in [5.74, 6) is 1.90. The summed E-state index contributed by atoms with van der Waals surface area (Å²) in [4.78, 5) is 14.3. The van der Waals surface area contributed by atoms with E-state index in [0.717, 1.165) is 27.7 Å². The zero-order chi connectivity index (χ0) is 18.9. The molecule has 0 atom stereocenters. The van der Waals surface area contributed by atoms with Crippen molar-refractivity contribution in [2.24, 2.45) is 0 Å². The van der Waals surface area contributed by atoms with Crippen molar-refractivity contribution in [2.75, 3.05) is 0 Å². The van der Waals surface area contributed by atoms with Crippen molar-refractivity contribution in [1.82, 2.24) is 15.0 Å². The van der Waals surface area contributed by atoms with Gasteiger partial charge in [-0.1, -0.05) is 72.8 Å². The third-order valence-electron chi connectivity index (χ3n) is 4.47. The Morgan fingerprint density at radius 3 is 1.79 bits per heavy atom. The second-order valence-corrected chi connectivity index (χ2v) is 7.09. The van der Waals surface area contributed by atoms with Crippen LogP contribution in [0.1, 0.15) is 0 Å². The van der Waals surface area contributed by atoms with Crippen LogP contribution in [0.2, 0.25) is 0 Å². The molecule has 0 bridgehead atoms. The van der Waals surface area contributed by atoms with Gasteiger partial charge in [0.05, 0.1) is 0 Å². The number of benzene rings is 3. The van der Waals surface area contributed by atoms with E-state index < -0.39 is 0 Å². The van der Waals surface area contributed by atoms with E-state index in [1.54, 1.807) is 0 Å². The van der Waals surface area contributed by atoms with Crippen molar-refractivity contribution in [3.63, 3.8) is 0 Å². The molecule has 3 aromatic carbocycles. The molecule has 0 aliphatic heterocycles. The number of nitrogens with zero attached hydrogens (tertiary/aromatic N) is 3. The molecule has 2 heterocycles. The van der Waals surface area contributed by atoms with Crippen LogP contribution in [0.3, 0.4) is 0 Å². The van der Waals surface area contributed by atoms with E-state index in [4.69, 9.17) is 19.4 Å². The van der Waals surface area contributed by atoms with Gasteiger partial charge in [-0.2, -0.15) is 0 Å². The lowest BCUT2D eigenvalue weighted by atomic mass is 10.1. The summed E-state index contributed by atoms with van der Waals surface area (Å²) >= 11 is 3.41. The molecule has 0 N–H and O–H groups in total. The number of rotatable bonds is 3. The lowest BCUT2D eigenvalue weighted by Crippen LogP contribution is -2.00. The number of aromatic nitrogens is 3. The molecular weight excluding hydrogens is 414 g/mol. The Morgan fingerprint density at radius 2 is 1.18 bits per heavy atom. The number of halogens is 1. The largest absolute Gasteiger partial charge is 0.449 e. The summed E-state index contributed by atoms with van der Waals surface area (Å²) in [7, 11) is 0.